The summed E-state index contributed by atoms with van der Waals surface area (Å²) in [6.07, 6.45) is -0.217. The molecule has 0 aliphatic heterocycles. The molecule has 0 bridgehead atoms. The van der Waals surface area contributed by atoms with Gasteiger partial charge in [0.1, 0.15) is 0 Å². The number of carbonyl (C=O) groups excluding carboxylic acids is 2. The van der Waals surface area contributed by atoms with E-state index in [4.69, 9.17) is 5.11 Å². The third kappa shape index (κ3) is 6.47. The van der Waals surface area contributed by atoms with Crippen LogP contribution in [0.1, 0.15) is 42.2 Å². The van der Waals surface area contributed by atoms with Gasteiger partial charge in [-0.1, -0.05) is 30.3 Å². The van der Waals surface area contributed by atoms with Gasteiger partial charge in [-0.25, -0.2) is 4.79 Å². The Hall–Kier alpha value is -3.35. The minimum absolute atomic E-state index is 0.0132. The van der Waals surface area contributed by atoms with Gasteiger partial charge in [-0.3, -0.25) is 9.59 Å². The molecule has 0 saturated heterocycles. The number of amides is 3. The van der Waals surface area contributed by atoms with Crippen LogP contribution in [0.3, 0.4) is 0 Å². The number of hydrogen-bond acceptors (Lipinski definition) is 3. The first kappa shape index (κ1) is 20.0. The minimum atomic E-state index is -1.00. The van der Waals surface area contributed by atoms with E-state index in [1.54, 1.807) is 48.5 Å². The fraction of sp³-hybridized carbons (Fsp3) is 0.250. The van der Waals surface area contributed by atoms with Crippen LogP contribution < -0.4 is 16.0 Å². The third-order valence-electron chi connectivity index (χ3n) is 3.71. The summed E-state index contributed by atoms with van der Waals surface area (Å²) < 4.78 is 0. The Morgan fingerprint density at radius 1 is 0.926 bits per heavy atom. The van der Waals surface area contributed by atoms with Gasteiger partial charge in [-0.05, 0) is 43.7 Å². The molecule has 142 valence electrons. The Kier molecular flexibility index (Phi) is 6.93. The van der Waals surface area contributed by atoms with Crippen molar-refractivity contribution in [1.82, 2.24) is 10.6 Å². The van der Waals surface area contributed by atoms with E-state index in [2.05, 4.69) is 16.0 Å². The molecule has 0 spiro atoms. The van der Waals surface area contributed by atoms with Crippen LogP contribution in [0.2, 0.25) is 0 Å². The molecule has 7 heteroatoms. The van der Waals surface area contributed by atoms with E-state index in [-0.39, 0.29) is 24.4 Å². The highest BCUT2D eigenvalue weighted by Crippen LogP contribution is 2.18. The van der Waals surface area contributed by atoms with Gasteiger partial charge in [0.25, 0.3) is 5.91 Å². The van der Waals surface area contributed by atoms with Crippen molar-refractivity contribution in [2.45, 2.75) is 32.4 Å². The van der Waals surface area contributed by atoms with Crippen LogP contribution in [0, 0.1) is 0 Å². The number of nitrogens with one attached hydrogen (secondary N) is 3. The second kappa shape index (κ2) is 9.38. The topological polar surface area (TPSA) is 108 Å². The largest absolute Gasteiger partial charge is 0.481 e. The molecule has 0 saturated carbocycles. The molecular formula is C20H23N3O4. The highest BCUT2D eigenvalue weighted by molar-refractivity contribution is 5.96. The van der Waals surface area contributed by atoms with Gasteiger partial charge in [0.05, 0.1) is 12.5 Å². The maximum Gasteiger partial charge on any atom is 0.319 e. The van der Waals surface area contributed by atoms with Crippen molar-refractivity contribution in [3.05, 3.63) is 65.7 Å². The molecule has 0 heterocycles. The zero-order valence-corrected chi connectivity index (χ0v) is 15.2. The number of hydrogen-bond donors (Lipinski definition) is 4. The molecule has 0 aliphatic carbocycles. The Balaban J connectivity index is 2.05. The van der Waals surface area contributed by atoms with Gasteiger partial charge in [0.2, 0.25) is 0 Å². The van der Waals surface area contributed by atoms with Crippen molar-refractivity contribution in [2.75, 3.05) is 5.32 Å². The Labute approximate surface area is 157 Å². The van der Waals surface area contributed by atoms with Crippen molar-refractivity contribution < 1.29 is 19.5 Å². The molecule has 2 aromatic rings. The monoisotopic (exact) mass is 369 g/mol. The summed E-state index contributed by atoms with van der Waals surface area (Å²) >= 11 is 0. The lowest BCUT2D eigenvalue weighted by molar-refractivity contribution is -0.137. The number of carboxylic acids is 1. The Morgan fingerprint density at radius 3 is 2.11 bits per heavy atom. The van der Waals surface area contributed by atoms with E-state index >= 15 is 0 Å². The van der Waals surface area contributed by atoms with Gasteiger partial charge in [-0.15, -0.1) is 0 Å². The van der Waals surface area contributed by atoms with Crippen molar-refractivity contribution in [3.8, 4) is 0 Å². The van der Waals surface area contributed by atoms with Crippen LogP contribution in [-0.2, 0) is 4.79 Å². The lowest BCUT2D eigenvalue weighted by Crippen LogP contribution is -2.34. The molecule has 0 fully saturated rings. The predicted molar refractivity (Wildman–Crippen MR) is 103 cm³/mol. The van der Waals surface area contributed by atoms with Crippen LogP contribution in [0.5, 0.6) is 0 Å². The van der Waals surface area contributed by atoms with Gasteiger partial charge in [0.15, 0.2) is 0 Å². The first-order chi connectivity index (χ1) is 12.8. The van der Waals surface area contributed by atoms with Crippen LogP contribution in [-0.4, -0.2) is 29.1 Å². The maximum absolute atomic E-state index is 12.5. The number of benzene rings is 2. The normalized spacial score (nSPS) is 11.5. The molecule has 7 nitrogen and oxygen atoms in total. The van der Waals surface area contributed by atoms with Crippen LogP contribution >= 0.6 is 0 Å². The van der Waals surface area contributed by atoms with Crippen LogP contribution in [0.15, 0.2) is 54.6 Å². The molecule has 0 aromatic heterocycles. The van der Waals surface area contributed by atoms with E-state index in [0.717, 1.165) is 5.56 Å². The third-order valence-corrected chi connectivity index (χ3v) is 3.71. The summed E-state index contributed by atoms with van der Waals surface area (Å²) in [7, 11) is 0. The molecular weight excluding hydrogens is 346 g/mol. The summed E-state index contributed by atoms with van der Waals surface area (Å²) in [6.45, 7) is 3.71. The highest BCUT2D eigenvalue weighted by atomic mass is 16.4. The second-order valence-corrected chi connectivity index (χ2v) is 6.37. The van der Waals surface area contributed by atoms with E-state index in [9.17, 15) is 14.4 Å². The van der Waals surface area contributed by atoms with E-state index in [0.29, 0.717) is 11.3 Å². The van der Waals surface area contributed by atoms with Crippen molar-refractivity contribution in [1.29, 1.82) is 0 Å². The van der Waals surface area contributed by atoms with Gasteiger partial charge in [0, 0.05) is 17.3 Å². The molecule has 3 amide bonds. The SMILES string of the molecule is CC(C)NC(=O)Nc1ccc(C(=O)NC(CC(=O)O)c2ccccc2)cc1. The zero-order chi connectivity index (χ0) is 19.8. The predicted octanol–water partition coefficient (Wildman–Crippen LogP) is 3.16. The molecule has 1 unspecified atom stereocenters. The summed E-state index contributed by atoms with van der Waals surface area (Å²) in [4.78, 5) is 35.3. The average molecular weight is 369 g/mol. The van der Waals surface area contributed by atoms with E-state index in [1.165, 1.54) is 0 Å². The zero-order valence-electron chi connectivity index (χ0n) is 15.2. The fourth-order valence-electron chi connectivity index (χ4n) is 2.49. The first-order valence-electron chi connectivity index (χ1n) is 8.60. The van der Waals surface area contributed by atoms with Gasteiger partial charge < -0.3 is 21.1 Å². The number of carboxylic acid groups (broad SMARTS) is 1. The number of urea groups is 1. The average Bonchev–Trinajstić information content (AvgIpc) is 2.61. The molecule has 1 atom stereocenters. The molecule has 2 rings (SSSR count). The lowest BCUT2D eigenvalue weighted by Gasteiger charge is -2.17. The summed E-state index contributed by atoms with van der Waals surface area (Å²) in [5.74, 6) is -1.39. The minimum Gasteiger partial charge on any atom is -0.481 e. The number of rotatable bonds is 7. The molecule has 0 radical (unpaired) electrons. The van der Waals surface area contributed by atoms with Gasteiger partial charge in [-0.2, -0.15) is 0 Å². The van der Waals surface area contributed by atoms with Gasteiger partial charge >= 0.3 is 12.0 Å². The lowest BCUT2D eigenvalue weighted by atomic mass is 10.0. The fourth-order valence-corrected chi connectivity index (χ4v) is 2.49. The van der Waals surface area contributed by atoms with E-state index < -0.39 is 12.0 Å². The number of aliphatic carboxylic acids is 1. The molecule has 2 aromatic carbocycles. The molecule has 0 aliphatic rings. The first-order valence-corrected chi connectivity index (χ1v) is 8.60. The maximum atomic E-state index is 12.5. The quantitative estimate of drug-likeness (QED) is 0.601. The van der Waals surface area contributed by atoms with Crippen LogP contribution in [0.25, 0.3) is 0 Å². The van der Waals surface area contributed by atoms with Crippen LogP contribution in [0.4, 0.5) is 10.5 Å². The smallest absolute Gasteiger partial charge is 0.319 e. The second-order valence-electron chi connectivity index (χ2n) is 6.37. The van der Waals surface area contributed by atoms with E-state index in [1.807, 2.05) is 19.9 Å². The number of anilines is 1. The highest BCUT2D eigenvalue weighted by Gasteiger charge is 2.18. The molecule has 4 N–H and O–H groups in total. The Bertz CT molecular complexity index is 789. The van der Waals surface area contributed by atoms with Crippen molar-refractivity contribution >= 4 is 23.6 Å². The summed E-state index contributed by atoms with van der Waals surface area (Å²) in [5, 5.41) is 17.2. The van der Waals surface area contributed by atoms with Crippen molar-refractivity contribution in [3.63, 3.8) is 0 Å². The standard InChI is InChI=1S/C20H23N3O4/c1-13(2)21-20(27)22-16-10-8-15(9-11-16)19(26)23-17(12-18(24)25)14-6-4-3-5-7-14/h3-11,13,17H,12H2,1-2H3,(H,23,26)(H,24,25)(H2,21,22,27). The Morgan fingerprint density at radius 2 is 1.56 bits per heavy atom. The molecule has 27 heavy (non-hydrogen) atoms. The van der Waals surface area contributed by atoms with Crippen molar-refractivity contribution in [2.24, 2.45) is 0 Å². The summed E-state index contributed by atoms with van der Waals surface area (Å²) in [6, 6.07) is 14.4. The summed E-state index contributed by atoms with van der Waals surface area (Å²) in [5.41, 5.74) is 1.64. The number of carbonyl (C=O) groups is 3.